The molecule has 1 aliphatic heterocycles. The van der Waals surface area contributed by atoms with Crippen LogP contribution >= 0.6 is 0 Å². The van der Waals surface area contributed by atoms with Crippen molar-refractivity contribution in [1.82, 2.24) is 4.90 Å². The maximum Gasteiger partial charge on any atom is 0.410 e. The Bertz CT molecular complexity index is 575. The number of ether oxygens (including phenoxy) is 3. The minimum absolute atomic E-state index is 0.311. The fourth-order valence-corrected chi connectivity index (χ4v) is 2.33. The summed E-state index contributed by atoms with van der Waals surface area (Å²) in [5.41, 5.74) is 1.47. The number of hydrogen-bond acceptors (Lipinski definition) is 4. The number of rotatable bonds is 3. The Morgan fingerprint density at radius 1 is 1.39 bits per heavy atom. The van der Waals surface area contributed by atoms with Gasteiger partial charge in [-0.25, -0.2) is 4.79 Å². The molecule has 0 spiro atoms. The van der Waals surface area contributed by atoms with Gasteiger partial charge in [0.2, 0.25) is 0 Å². The van der Waals surface area contributed by atoms with Gasteiger partial charge in [0, 0.05) is 18.2 Å². The van der Waals surface area contributed by atoms with Crippen molar-refractivity contribution in [2.45, 2.75) is 32.9 Å². The van der Waals surface area contributed by atoms with Crippen LogP contribution in [0.3, 0.4) is 0 Å². The van der Waals surface area contributed by atoms with Crippen LogP contribution in [0.5, 0.6) is 5.75 Å². The minimum Gasteiger partial charge on any atom is -0.491 e. The van der Waals surface area contributed by atoms with Gasteiger partial charge in [-0.1, -0.05) is 30.4 Å². The Kier molecular flexibility index (Phi) is 5.66. The lowest BCUT2D eigenvalue weighted by Gasteiger charge is -2.26. The van der Waals surface area contributed by atoms with Crippen molar-refractivity contribution in [3.63, 3.8) is 0 Å². The second-order valence-electron chi connectivity index (χ2n) is 6.44. The monoisotopic (exact) mass is 319 g/mol. The van der Waals surface area contributed by atoms with E-state index in [1.54, 1.807) is 12.0 Å². The maximum atomic E-state index is 12.3. The van der Waals surface area contributed by atoms with Gasteiger partial charge in [0.25, 0.3) is 0 Å². The van der Waals surface area contributed by atoms with Crippen molar-refractivity contribution in [2.75, 3.05) is 26.9 Å². The van der Waals surface area contributed by atoms with Crippen molar-refractivity contribution in [2.24, 2.45) is 0 Å². The smallest absolute Gasteiger partial charge is 0.410 e. The first kappa shape index (κ1) is 17.3. The van der Waals surface area contributed by atoms with Gasteiger partial charge in [-0.3, -0.25) is 0 Å². The van der Waals surface area contributed by atoms with E-state index in [2.05, 4.69) is 0 Å². The predicted molar refractivity (Wildman–Crippen MR) is 89.5 cm³/mol. The van der Waals surface area contributed by atoms with Crippen molar-refractivity contribution < 1.29 is 19.0 Å². The Morgan fingerprint density at radius 3 is 2.87 bits per heavy atom. The molecule has 0 radical (unpaired) electrons. The number of fused-ring (bicyclic) bond motifs is 1. The third-order valence-electron chi connectivity index (χ3n) is 3.31. The average Bonchev–Trinajstić information content (AvgIpc) is 2.68. The fraction of sp³-hybridized carbons (Fsp3) is 0.500. The van der Waals surface area contributed by atoms with Crippen molar-refractivity contribution in [3.05, 3.63) is 35.4 Å². The molecule has 0 fully saturated rings. The molecule has 0 saturated heterocycles. The lowest BCUT2D eigenvalue weighted by Crippen LogP contribution is -2.37. The molecular weight excluding hydrogens is 294 g/mol. The Labute approximate surface area is 137 Å². The van der Waals surface area contributed by atoms with Crippen molar-refractivity contribution >= 4 is 12.2 Å². The van der Waals surface area contributed by atoms with E-state index in [4.69, 9.17) is 14.2 Å². The van der Waals surface area contributed by atoms with E-state index in [1.165, 1.54) is 0 Å². The third kappa shape index (κ3) is 4.99. The maximum absolute atomic E-state index is 12.3. The SMILES string of the molecule is COC/C=C/c1cccc2c1OCCN(C(=O)OC(C)(C)C)C2. The van der Waals surface area contributed by atoms with Gasteiger partial charge in [0.1, 0.15) is 18.0 Å². The molecule has 126 valence electrons. The zero-order valence-corrected chi connectivity index (χ0v) is 14.3. The van der Waals surface area contributed by atoms with E-state index in [-0.39, 0.29) is 6.09 Å². The molecule has 0 N–H and O–H groups in total. The van der Waals surface area contributed by atoms with Crippen LogP contribution in [0.4, 0.5) is 4.79 Å². The minimum atomic E-state index is -0.502. The van der Waals surface area contributed by atoms with Crippen LogP contribution in [-0.2, 0) is 16.0 Å². The molecule has 0 aromatic heterocycles. The molecule has 1 aromatic rings. The van der Waals surface area contributed by atoms with Gasteiger partial charge in [-0.15, -0.1) is 0 Å². The molecule has 5 heteroatoms. The van der Waals surface area contributed by atoms with E-state index in [0.29, 0.717) is 26.3 Å². The van der Waals surface area contributed by atoms with E-state index >= 15 is 0 Å². The molecule has 1 heterocycles. The highest BCUT2D eigenvalue weighted by Crippen LogP contribution is 2.29. The summed E-state index contributed by atoms with van der Waals surface area (Å²) in [6, 6.07) is 5.94. The molecular formula is C18H25NO4. The molecule has 0 aliphatic carbocycles. The summed E-state index contributed by atoms with van der Waals surface area (Å²) in [6.07, 6.45) is 3.61. The summed E-state index contributed by atoms with van der Waals surface area (Å²) in [6.45, 7) is 7.58. The van der Waals surface area contributed by atoms with E-state index < -0.39 is 5.60 Å². The average molecular weight is 319 g/mol. The lowest BCUT2D eigenvalue weighted by atomic mass is 10.1. The summed E-state index contributed by atoms with van der Waals surface area (Å²) in [4.78, 5) is 14.0. The van der Waals surface area contributed by atoms with Crippen molar-refractivity contribution in [3.8, 4) is 5.75 Å². The Morgan fingerprint density at radius 2 is 2.17 bits per heavy atom. The second-order valence-corrected chi connectivity index (χ2v) is 6.44. The van der Waals surface area contributed by atoms with Gasteiger partial charge in [0.05, 0.1) is 19.7 Å². The number of benzene rings is 1. The van der Waals surface area contributed by atoms with Crippen LogP contribution in [0.15, 0.2) is 24.3 Å². The second kappa shape index (κ2) is 7.51. The van der Waals surface area contributed by atoms with Crippen molar-refractivity contribution in [1.29, 1.82) is 0 Å². The van der Waals surface area contributed by atoms with Crippen LogP contribution in [0, 0.1) is 0 Å². The first-order chi connectivity index (χ1) is 10.9. The Hall–Kier alpha value is -2.01. The van der Waals surface area contributed by atoms with Gasteiger partial charge < -0.3 is 19.1 Å². The molecule has 5 nitrogen and oxygen atoms in total. The highest BCUT2D eigenvalue weighted by Gasteiger charge is 2.25. The predicted octanol–water partition coefficient (Wildman–Crippen LogP) is 3.48. The normalized spacial score (nSPS) is 15.0. The third-order valence-corrected chi connectivity index (χ3v) is 3.31. The molecule has 0 bridgehead atoms. The molecule has 1 amide bonds. The zero-order chi connectivity index (χ0) is 16.9. The van der Waals surface area contributed by atoms with Gasteiger partial charge in [0.15, 0.2) is 0 Å². The molecule has 1 aromatic carbocycles. The highest BCUT2D eigenvalue weighted by molar-refractivity contribution is 5.69. The van der Waals surface area contributed by atoms with Crippen LogP contribution in [-0.4, -0.2) is 43.5 Å². The summed E-state index contributed by atoms with van der Waals surface area (Å²) in [5.74, 6) is 0.825. The number of carbonyl (C=O) groups excluding carboxylic acids is 1. The molecule has 0 atom stereocenters. The number of nitrogens with zero attached hydrogens (tertiary/aromatic N) is 1. The van der Waals surface area contributed by atoms with Gasteiger partial charge in [-0.05, 0) is 20.8 Å². The Balaban J connectivity index is 2.18. The summed E-state index contributed by atoms with van der Waals surface area (Å²) >= 11 is 0. The van der Waals surface area contributed by atoms with Crippen LogP contribution in [0.1, 0.15) is 31.9 Å². The quantitative estimate of drug-likeness (QED) is 0.856. The van der Waals surface area contributed by atoms with Gasteiger partial charge in [-0.2, -0.15) is 0 Å². The number of para-hydroxylation sites is 1. The summed E-state index contributed by atoms with van der Waals surface area (Å²) in [7, 11) is 1.66. The lowest BCUT2D eigenvalue weighted by molar-refractivity contribution is 0.0225. The number of amides is 1. The first-order valence-electron chi connectivity index (χ1n) is 7.79. The van der Waals surface area contributed by atoms with Crippen LogP contribution in [0.2, 0.25) is 0 Å². The van der Waals surface area contributed by atoms with E-state index in [0.717, 1.165) is 16.9 Å². The summed E-state index contributed by atoms with van der Waals surface area (Å²) < 4.78 is 16.4. The van der Waals surface area contributed by atoms with E-state index in [1.807, 2.05) is 51.1 Å². The molecule has 0 unspecified atom stereocenters. The number of methoxy groups -OCH3 is 1. The highest BCUT2D eigenvalue weighted by atomic mass is 16.6. The standard InChI is InChI=1S/C18H25NO4/c1-18(2,3)23-17(20)19-10-12-22-16-14(9-6-11-21-4)7-5-8-15(16)13-19/h5-9H,10-13H2,1-4H3/b9-6+. The first-order valence-corrected chi connectivity index (χ1v) is 7.79. The number of hydrogen-bond donors (Lipinski definition) is 0. The number of carbonyl (C=O) groups is 1. The fourth-order valence-electron chi connectivity index (χ4n) is 2.33. The van der Waals surface area contributed by atoms with Gasteiger partial charge >= 0.3 is 6.09 Å². The molecule has 23 heavy (non-hydrogen) atoms. The van der Waals surface area contributed by atoms with Crippen LogP contribution in [0.25, 0.3) is 6.08 Å². The largest absolute Gasteiger partial charge is 0.491 e. The summed E-state index contributed by atoms with van der Waals surface area (Å²) in [5, 5.41) is 0. The topological polar surface area (TPSA) is 48.0 Å². The van der Waals surface area contributed by atoms with E-state index in [9.17, 15) is 4.79 Å². The zero-order valence-electron chi connectivity index (χ0n) is 14.3. The van der Waals surface area contributed by atoms with Crippen LogP contribution < -0.4 is 4.74 Å². The molecule has 1 aliphatic rings. The molecule has 0 saturated carbocycles. The molecule has 2 rings (SSSR count).